The van der Waals surface area contributed by atoms with Crippen LogP contribution in [0.1, 0.15) is 46.4 Å². The summed E-state index contributed by atoms with van der Waals surface area (Å²) in [7, 11) is 7.84. The van der Waals surface area contributed by atoms with Gasteiger partial charge in [-0.3, -0.25) is 0 Å². The third-order valence-corrected chi connectivity index (χ3v) is 7.33. The van der Waals surface area contributed by atoms with Gasteiger partial charge in [0.25, 0.3) is 0 Å². The SMILES string of the molecule is CN(C)c1ccc(N=Nc2cccc(C(=O)[O-])c2)cc1.CN(C)c1ccc(N=Nc2cccc(C(=O)[O-])c2)cc1.NC1CCCCC1N.[Pt+4]. The zero-order valence-corrected chi connectivity index (χ0v) is 30.3. The fourth-order valence-corrected chi connectivity index (χ4v) is 4.44. The average molecular weight is 846 g/mol. The van der Waals surface area contributed by atoms with E-state index >= 15 is 0 Å². The van der Waals surface area contributed by atoms with E-state index in [0.29, 0.717) is 22.7 Å². The predicted molar refractivity (Wildman–Crippen MR) is 186 cm³/mol. The second-order valence-electron chi connectivity index (χ2n) is 11.5. The number of nitrogens with two attached hydrogens (primary N) is 2. The molecule has 0 amide bonds. The molecule has 0 bridgehead atoms. The molecule has 0 heterocycles. The zero-order chi connectivity index (χ0) is 35.1. The number of carbonyl (C=O) groups excluding carboxylic acids is 2. The van der Waals surface area contributed by atoms with Crippen LogP contribution in [0.25, 0.3) is 0 Å². The van der Waals surface area contributed by atoms with E-state index in [0.717, 1.165) is 24.2 Å². The van der Waals surface area contributed by atoms with E-state index in [1.807, 2.05) is 86.5 Å². The molecule has 5 rings (SSSR count). The van der Waals surface area contributed by atoms with Crippen molar-refractivity contribution in [3.8, 4) is 0 Å². The Hall–Kier alpha value is -4.77. The van der Waals surface area contributed by atoms with Crippen LogP contribution in [0, 0.1) is 0 Å². The van der Waals surface area contributed by atoms with Crippen molar-refractivity contribution in [3.63, 3.8) is 0 Å². The van der Waals surface area contributed by atoms with Gasteiger partial charge in [0.15, 0.2) is 0 Å². The topological polar surface area (TPSA) is 188 Å². The summed E-state index contributed by atoms with van der Waals surface area (Å²) in [6.07, 6.45) is 4.80. The molecular formula is C36H42N8O4Pt+2. The van der Waals surface area contributed by atoms with Crippen LogP contribution in [0.5, 0.6) is 0 Å². The Morgan fingerprint density at radius 3 is 1.18 bits per heavy atom. The first-order valence-electron chi connectivity index (χ1n) is 15.4. The van der Waals surface area contributed by atoms with Crippen molar-refractivity contribution in [2.24, 2.45) is 31.9 Å². The van der Waals surface area contributed by atoms with Gasteiger partial charge in [-0.15, -0.1) is 0 Å². The number of azo groups is 2. The molecule has 4 N–H and O–H groups in total. The Kier molecular flexibility index (Phi) is 17.0. The van der Waals surface area contributed by atoms with E-state index in [9.17, 15) is 19.8 Å². The van der Waals surface area contributed by atoms with Gasteiger partial charge in [0.2, 0.25) is 0 Å². The second-order valence-corrected chi connectivity index (χ2v) is 11.5. The predicted octanol–water partition coefficient (Wildman–Crippen LogP) is 5.28. The molecule has 0 aliphatic heterocycles. The number of anilines is 2. The monoisotopic (exact) mass is 845 g/mol. The van der Waals surface area contributed by atoms with Gasteiger partial charge in [-0.2, -0.15) is 20.5 Å². The molecule has 258 valence electrons. The van der Waals surface area contributed by atoms with Crippen LogP contribution in [-0.2, 0) is 21.1 Å². The number of hydrogen-bond acceptors (Lipinski definition) is 12. The summed E-state index contributed by atoms with van der Waals surface area (Å²) in [5, 5.41) is 37.7. The molecule has 13 heteroatoms. The molecule has 4 aromatic rings. The fraction of sp³-hybridized carbons (Fsp3) is 0.278. The first-order valence-corrected chi connectivity index (χ1v) is 15.4. The smallest absolute Gasteiger partial charge is 0.545 e. The average Bonchev–Trinajstić information content (AvgIpc) is 3.09. The van der Waals surface area contributed by atoms with Gasteiger partial charge >= 0.3 is 21.1 Å². The van der Waals surface area contributed by atoms with Crippen molar-refractivity contribution in [3.05, 3.63) is 108 Å². The summed E-state index contributed by atoms with van der Waals surface area (Å²) in [5.74, 6) is -2.45. The van der Waals surface area contributed by atoms with Gasteiger partial charge < -0.3 is 41.1 Å². The molecule has 0 aromatic heterocycles. The van der Waals surface area contributed by atoms with Gasteiger partial charge in [0, 0.05) is 51.6 Å². The largest absolute Gasteiger partial charge is 4.00 e. The standard InChI is InChI=1S/2C15H15N3O2.C6H14N2.Pt/c2*1-18(2)14-8-6-12(7-9-14)16-17-13-5-3-4-11(10-13)15(19)20;7-5-3-1-2-4-6(5)8;/h2*3-10H,1-2H3,(H,19,20);5-6H,1-4,7-8H2;/q;;;+4/p-2. The molecular weight excluding hydrogens is 804 g/mol. The van der Waals surface area contributed by atoms with Crippen molar-refractivity contribution in [1.82, 2.24) is 0 Å². The molecule has 49 heavy (non-hydrogen) atoms. The van der Waals surface area contributed by atoms with Crippen molar-refractivity contribution in [1.29, 1.82) is 0 Å². The molecule has 1 fully saturated rings. The van der Waals surface area contributed by atoms with Crippen molar-refractivity contribution in [2.75, 3.05) is 38.0 Å². The Labute approximate surface area is 301 Å². The normalized spacial score (nSPS) is 15.2. The molecule has 0 radical (unpaired) electrons. The minimum atomic E-state index is -1.22. The zero-order valence-electron chi connectivity index (χ0n) is 28.0. The maximum atomic E-state index is 10.7. The third kappa shape index (κ3) is 14.1. The van der Waals surface area contributed by atoms with E-state index in [4.69, 9.17) is 11.5 Å². The van der Waals surface area contributed by atoms with Gasteiger partial charge in [0.05, 0.1) is 34.7 Å². The first-order chi connectivity index (χ1) is 22.9. The molecule has 2 unspecified atom stereocenters. The number of carboxylic acid groups (broad SMARTS) is 2. The number of benzene rings is 4. The van der Waals surface area contributed by atoms with Crippen LogP contribution in [0.3, 0.4) is 0 Å². The number of rotatable bonds is 8. The number of aromatic carboxylic acids is 2. The van der Waals surface area contributed by atoms with E-state index in [2.05, 4.69) is 20.5 Å². The van der Waals surface area contributed by atoms with Crippen LogP contribution in [-0.4, -0.2) is 52.2 Å². The number of nitrogens with zero attached hydrogens (tertiary/aromatic N) is 6. The number of carbonyl (C=O) groups is 2. The van der Waals surface area contributed by atoms with Crippen LogP contribution in [0.15, 0.2) is 118 Å². The van der Waals surface area contributed by atoms with E-state index in [1.54, 1.807) is 24.3 Å². The van der Waals surface area contributed by atoms with E-state index in [1.165, 1.54) is 37.1 Å². The Bertz CT molecular complexity index is 1550. The third-order valence-electron chi connectivity index (χ3n) is 7.33. The van der Waals surface area contributed by atoms with Crippen molar-refractivity contribution < 1.29 is 40.9 Å². The Morgan fingerprint density at radius 2 is 0.898 bits per heavy atom. The fourth-order valence-electron chi connectivity index (χ4n) is 4.44. The first kappa shape index (κ1) is 40.4. The quantitative estimate of drug-likeness (QED) is 0.224. The molecule has 1 saturated carbocycles. The summed E-state index contributed by atoms with van der Waals surface area (Å²) >= 11 is 0. The van der Waals surface area contributed by atoms with Crippen LogP contribution >= 0.6 is 0 Å². The van der Waals surface area contributed by atoms with E-state index in [-0.39, 0.29) is 44.3 Å². The summed E-state index contributed by atoms with van der Waals surface area (Å²) in [4.78, 5) is 25.5. The molecule has 12 nitrogen and oxygen atoms in total. The Morgan fingerprint density at radius 1 is 0.571 bits per heavy atom. The van der Waals surface area contributed by atoms with Crippen molar-refractivity contribution in [2.45, 2.75) is 37.8 Å². The van der Waals surface area contributed by atoms with Crippen LogP contribution in [0.2, 0.25) is 0 Å². The van der Waals surface area contributed by atoms with E-state index < -0.39 is 11.9 Å². The second kappa shape index (κ2) is 20.6. The number of hydrogen-bond donors (Lipinski definition) is 2. The van der Waals surface area contributed by atoms with Gasteiger partial charge in [-0.25, -0.2) is 0 Å². The number of carboxylic acids is 2. The summed E-state index contributed by atoms with van der Waals surface area (Å²) in [5.41, 5.74) is 16.0. The Balaban J connectivity index is 0.000000274. The molecule has 1 aliphatic rings. The van der Waals surface area contributed by atoms with Gasteiger partial charge in [-0.05, 0) is 96.8 Å². The maximum Gasteiger partial charge on any atom is 4.00 e. The molecule has 2 atom stereocenters. The van der Waals surface area contributed by atoms with Crippen LogP contribution < -0.4 is 31.5 Å². The molecule has 4 aromatic carbocycles. The summed E-state index contributed by atoms with van der Waals surface area (Å²) < 4.78 is 0. The molecule has 1 aliphatic carbocycles. The maximum absolute atomic E-state index is 10.7. The van der Waals surface area contributed by atoms with Crippen molar-refractivity contribution >= 4 is 46.1 Å². The minimum Gasteiger partial charge on any atom is -0.545 e. The van der Waals surface area contributed by atoms with Crippen LogP contribution in [0.4, 0.5) is 34.1 Å². The minimum absolute atomic E-state index is 0. The molecule has 0 spiro atoms. The molecule has 0 saturated heterocycles. The summed E-state index contributed by atoms with van der Waals surface area (Å²) in [6.45, 7) is 0. The van der Waals surface area contributed by atoms with Gasteiger partial charge in [0.1, 0.15) is 0 Å². The van der Waals surface area contributed by atoms with Gasteiger partial charge in [-0.1, -0.05) is 37.1 Å². The summed E-state index contributed by atoms with van der Waals surface area (Å²) in [6, 6.07) is 28.0.